The quantitative estimate of drug-likeness (QED) is 0.724. The second-order valence-electron chi connectivity index (χ2n) is 3.50. The number of nitrogens with two attached hydrogens (primary N) is 1. The maximum Gasteiger partial charge on any atom is 0.118 e. The van der Waals surface area contributed by atoms with Gasteiger partial charge in [0.1, 0.15) is 5.75 Å². The molecule has 1 aromatic rings. The third-order valence-electron chi connectivity index (χ3n) is 2.10. The van der Waals surface area contributed by atoms with Crippen LogP contribution in [0.2, 0.25) is 0 Å². The van der Waals surface area contributed by atoms with Crippen LogP contribution in [0.15, 0.2) is 35.0 Å². The minimum Gasteiger partial charge on any atom is -0.508 e. The second kappa shape index (κ2) is 4.64. The van der Waals surface area contributed by atoms with E-state index in [1.807, 2.05) is 32.1 Å². The standard InChI is InChI=1S/C12H16N2O/c1-8-6-10(4-5-12(8)15)11(14-3)7-9(2)13/h4-7,15H,13H2,1-3H3. The molecule has 3 heteroatoms. The summed E-state index contributed by atoms with van der Waals surface area (Å²) in [6, 6.07) is 5.37. The molecule has 0 radical (unpaired) electrons. The first-order chi connectivity index (χ1) is 7.04. The van der Waals surface area contributed by atoms with Crippen molar-refractivity contribution < 1.29 is 5.11 Å². The molecule has 0 aliphatic carbocycles. The Balaban J connectivity index is 3.15. The van der Waals surface area contributed by atoms with E-state index < -0.39 is 0 Å². The smallest absolute Gasteiger partial charge is 0.118 e. The summed E-state index contributed by atoms with van der Waals surface area (Å²) in [5, 5.41) is 9.40. The molecule has 3 N–H and O–H groups in total. The van der Waals surface area contributed by atoms with Crippen LogP contribution in [0.5, 0.6) is 5.75 Å². The Morgan fingerprint density at radius 2 is 2.13 bits per heavy atom. The first kappa shape index (κ1) is 11.3. The van der Waals surface area contributed by atoms with E-state index in [0.717, 1.165) is 16.8 Å². The number of benzene rings is 1. The van der Waals surface area contributed by atoms with Crippen LogP contribution in [0, 0.1) is 6.92 Å². The lowest BCUT2D eigenvalue weighted by Crippen LogP contribution is -2.02. The monoisotopic (exact) mass is 204 g/mol. The van der Waals surface area contributed by atoms with E-state index in [9.17, 15) is 5.11 Å². The van der Waals surface area contributed by atoms with E-state index in [1.165, 1.54) is 0 Å². The number of allylic oxidation sites excluding steroid dienone is 2. The predicted octanol–water partition coefficient (Wildman–Crippen LogP) is 1.98. The Kier molecular flexibility index (Phi) is 3.50. The van der Waals surface area contributed by atoms with Crippen LogP contribution < -0.4 is 5.73 Å². The molecule has 1 rings (SSSR count). The molecule has 3 nitrogen and oxygen atoms in total. The van der Waals surface area contributed by atoms with Gasteiger partial charge in [0.15, 0.2) is 0 Å². The Morgan fingerprint density at radius 3 is 2.60 bits per heavy atom. The molecule has 0 saturated carbocycles. The number of aliphatic imine (C=N–C) groups is 1. The molecule has 0 unspecified atom stereocenters. The third kappa shape index (κ3) is 2.84. The van der Waals surface area contributed by atoms with Crippen LogP contribution in [0.1, 0.15) is 18.1 Å². The third-order valence-corrected chi connectivity index (χ3v) is 2.10. The van der Waals surface area contributed by atoms with Gasteiger partial charge in [-0.3, -0.25) is 4.99 Å². The normalized spacial score (nSPS) is 13.0. The van der Waals surface area contributed by atoms with Crippen LogP contribution in [0.4, 0.5) is 0 Å². The van der Waals surface area contributed by atoms with Crippen molar-refractivity contribution in [1.82, 2.24) is 0 Å². The van der Waals surface area contributed by atoms with Crippen LogP contribution in [0.25, 0.3) is 0 Å². The molecule has 0 aromatic heterocycles. The molecule has 1 aromatic carbocycles. The minimum absolute atomic E-state index is 0.294. The van der Waals surface area contributed by atoms with Crippen molar-refractivity contribution in [2.75, 3.05) is 7.05 Å². The molecule has 0 heterocycles. The van der Waals surface area contributed by atoms with Crippen molar-refractivity contribution in [2.24, 2.45) is 10.7 Å². The Labute approximate surface area is 90.0 Å². The average Bonchev–Trinajstić information content (AvgIpc) is 2.18. The van der Waals surface area contributed by atoms with E-state index in [0.29, 0.717) is 11.4 Å². The summed E-state index contributed by atoms with van der Waals surface area (Å²) in [5.41, 5.74) is 8.92. The highest BCUT2D eigenvalue weighted by molar-refractivity contribution is 6.09. The van der Waals surface area contributed by atoms with Gasteiger partial charge in [0.2, 0.25) is 0 Å². The largest absolute Gasteiger partial charge is 0.508 e. The van der Waals surface area contributed by atoms with Crippen LogP contribution in [-0.2, 0) is 0 Å². The fraction of sp³-hybridized carbons (Fsp3) is 0.250. The summed E-state index contributed by atoms with van der Waals surface area (Å²) in [7, 11) is 1.72. The number of hydrogen-bond acceptors (Lipinski definition) is 3. The molecule has 0 atom stereocenters. The van der Waals surface area contributed by atoms with Gasteiger partial charge >= 0.3 is 0 Å². The molecule has 0 aliphatic rings. The fourth-order valence-electron chi connectivity index (χ4n) is 1.31. The van der Waals surface area contributed by atoms with Crippen LogP contribution in [0.3, 0.4) is 0 Å². The molecule has 0 fully saturated rings. The molecule has 80 valence electrons. The highest BCUT2D eigenvalue weighted by Crippen LogP contribution is 2.17. The maximum atomic E-state index is 9.40. The first-order valence-corrected chi connectivity index (χ1v) is 4.75. The van der Waals surface area contributed by atoms with E-state index in [1.54, 1.807) is 13.1 Å². The van der Waals surface area contributed by atoms with Gasteiger partial charge in [0.05, 0.1) is 5.71 Å². The van der Waals surface area contributed by atoms with Crippen LogP contribution >= 0.6 is 0 Å². The lowest BCUT2D eigenvalue weighted by atomic mass is 10.1. The van der Waals surface area contributed by atoms with Gasteiger partial charge in [-0.15, -0.1) is 0 Å². The number of rotatable bonds is 2. The number of hydrogen-bond donors (Lipinski definition) is 2. The maximum absolute atomic E-state index is 9.40. The first-order valence-electron chi connectivity index (χ1n) is 4.75. The lowest BCUT2D eigenvalue weighted by Gasteiger charge is -2.04. The van der Waals surface area contributed by atoms with Gasteiger partial charge in [0.25, 0.3) is 0 Å². The zero-order valence-corrected chi connectivity index (χ0v) is 9.28. The summed E-state index contributed by atoms with van der Waals surface area (Å²) >= 11 is 0. The number of aryl methyl sites for hydroxylation is 1. The Hall–Kier alpha value is -1.77. The van der Waals surface area contributed by atoms with Crippen molar-refractivity contribution in [2.45, 2.75) is 13.8 Å². The van der Waals surface area contributed by atoms with E-state index in [-0.39, 0.29) is 0 Å². The summed E-state index contributed by atoms with van der Waals surface area (Å²) in [4.78, 5) is 4.15. The van der Waals surface area contributed by atoms with Gasteiger partial charge in [0, 0.05) is 18.3 Å². The van der Waals surface area contributed by atoms with Gasteiger partial charge in [-0.05, 0) is 43.7 Å². The summed E-state index contributed by atoms with van der Waals surface area (Å²) in [5.74, 6) is 0.294. The molecule has 0 amide bonds. The van der Waals surface area contributed by atoms with Crippen molar-refractivity contribution in [3.8, 4) is 5.75 Å². The second-order valence-corrected chi connectivity index (χ2v) is 3.50. The minimum atomic E-state index is 0.294. The van der Waals surface area contributed by atoms with Crippen molar-refractivity contribution in [1.29, 1.82) is 0 Å². The molecule has 0 aliphatic heterocycles. The van der Waals surface area contributed by atoms with Crippen molar-refractivity contribution in [3.05, 3.63) is 41.1 Å². The molecule has 0 spiro atoms. The molecule has 0 saturated heterocycles. The van der Waals surface area contributed by atoms with Gasteiger partial charge in [-0.25, -0.2) is 0 Å². The number of aromatic hydroxyl groups is 1. The SMILES string of the molecule is CN=C(C=C(C)N)c1ccc(O)c(C)c1. The van der Waals surface area contributed by atoms with E-state index >= 15 is 0 Å². The summed E-state index contributed by atoms with van der Waals surface area (Å²) in [6.07, 6.45) is 1.81. The highest BCUT2D eigenvalue weighted by Gasteiger charge is 2.02. The number of nitrogens with zero attached hydrogens (tertiary/aromatic N) is 1. The molecule has 15 heavy (non-hydrogen) atoms. The molecule has 0 bridgehead atoms. The average molecular weight is 204 g/mol. The van der Waals surface area contributed by atoms with Gasteiger partial charge in [-0.2, -0.15) is 0 Å². The van der Waals surface area contributed by atoms with Crippen LogP contribution in [-0.4, -0.2) is 17.9 Å². The molecular formula is C12H16N2O. The summed E-state index contributed by atoms with van der Waals surface area (Å²) in [6.45, 7) is 3.67. The Bertz CT molecular complexity index is 416. The Morgan fingerprint density at radius 1 is 1.47 bits per heavy atom. The van der Waals surface area contributed by atoms with Crippen molar-refractivity contribution in [3.63, 3.8) is 0 Å². The van der Waals surface area contributed by atoms with Gasteiger partial charge in [-0.1, -0.05) is 0 Å². The number of phenolic OH excluding ortho intramolecular Hbond substituents is 1. The zero-order chi connectivity index (χ0) is 11.4. The highest BCUT2D eigenvalue weighted by atomic mass is 16.3. The summed E-state index contributed by atoms with van der Waals surface area (Å²) < 4.78 is 0. The lowest BCUT2D eigenvalue weighted by molar-refractivity contribution is 0.471. The van der Waals surface area contributed by atoms with E-state index in [2.05, 4.69) is 4.99 Å². The predicted molar refractivity (Wildman–Crippen MR) is 63.2 cm³/mol. The van der Waals surface area contributed by atoms with E-state index in [4.69, 9.17) is 5.73 Å². The number of phenols is 1. The van der Waals surface area contributed by atoms with Crippen molar-refractivity contribution >= 4 is 5.71 Å². The fourth-order valence-corrected chi connectivity index (χ4v) is 1.31. The van der Waals surface area contributed by atoms with Gasteiger partial charge < -0.3 is 10.8 Å². The topological polar surface area (TPSA) is 58.6 Å². The molecular weight excluding hydrogens is 188 g/mol. The zero-order valence-electron chi connectivity index (χ0n) is 9.28.